The molecule has 0 radical (unpaired) electrons. The Morgan fingerprint density at radius 1 is 1.26 bits per heavy atom. The molecule has 3 N–H and O–H groups in total. The average Bonchev–Trinajstić information content (AvgIpc) is 2.80. The smallest absolute Gasteiger partial charge is 0.337 e. The molecule has 2 aliphatic heterocycles. The van der Waals surface area contributed by atoms with E-state index in [4.69, 9.17) is 21.7 Å². The van der Waals surface area contributed by atoms with Gasteiger partial charge in [-0.2, -0.15) is 0 Å². The van der Waals surface area contributed by atoms with Crippen LogP contribution in [0.4, 0.5) is 0 Å². The van der Waals surface area contributed by atoms with Gasteiger partial charge in [0.2, 0.25) is 0 Å². The van der Waals surface area contributed by atoms with E-state index in [2.05, 4.69) is 21.2 Å². The van der Waals surface area contributed by atoms with Gasteiger partial charge in [-0.05, 0) is 31.5 Å². The predicted molar refractivity (Wildman–Crippen MR) is 120 cm³/mol. The molecule has 1 aromatic carbocycles. The normalized spacial score (nSPS) is 18.2. The molecule has 2 heterocycles. The van der Waals surface area contributed by atoms with E-state index in [0.29, 0.717) is 22.4 Å². The first kappa shape index (κ1) is 24.4. The van der Waals surface area contributed by atoms with E-state index in [0.717, 1.165) is 26.3 Å². The number of quaternary nitrogens is 1. The highest BCUT2D eigenvalue weighted by molar-refractivity contribution is 7.80. The maximum atomic E-state index is 12.4. The zero-order valence-electron chi connectivity index (χ0n) is 17.9. The fraction of sp³-hybridized carbons (Fsp3) is 0.409. The average molecular weight is 446 g/mol. The number of carbonyl (C=O) groups is 2. The van der Waals surface area contributed by atoms with Crippen molar-refractivity contribution >= 4 is 35.0 Å². The monoisotopic (exact) mass is 445 g/mol. The number of ether oxygens (including phenoxy) is 3. The van der Waals surface area contributed by atoms with E-state index in [9.17, 15) is 15.0 Å². The Morgan fingerprint density at radius 3 is 2.35 bits per heavy atom. The first-order valence-electron chi connectivity index (χ1n) is 9.98. The summed E-state index contributed by atoms with van der Waals surface area (Å²) in [5.41, 5.74) is 2.17. The van der Waals surface area contributed by atoms with Gasteiger partial charge in [0.15, 0.2) is 0 Å². The number of benzene rings is 1. The number of rotatable bonds is 4. The summed E-state index contributed by atoms with van der Waals surface area (Å²) < 4.78 is 14.9. The van der Waals surface area contributed by atoms with Crippen LogP contribution in [0.2, 0.25) is 0 Å². The van der Waals surface area contributed by atoms with Gasteiger partial charge >= 0.3 is 11.9 Å². The van der Waals surface area contributed by atoms with Gasteiger partial charge in [-0.25, -0.2) is 9.59 Å². The summed E-state index contributed by atoms with van der Waals surface area (Å²) in [5, 5.41) is 14.7. The summed E-state index contributed by atoms with van der Waals surface area (Å²) in [5.74, 6) is 0.456. The van der Waals surface area contributed by atoms with Crippen molar-refractivity contribution < 1.29 is 29.1 Å². The first-order chi connectivity index (χ1) is 14.9. The molecule has 1 fully saturated rings. The third kappa shape index (κ3) is 6.32. The van der Waals surface area contributed by atoms with Gasteiger partial charge in [0.25, 0.3) is 0 Å². The highest BCUT2D eigenvalue weighted by Crippen LogP contribution is 2.36. The lowest BCUT2D eigenvalue weighted by Gasteiger charge is -2.30. The Hall–Kier alpha value is -2.84. The molecule has 0 saturated carbocycles. The molecule has 31 heavy (non-hydrogen) atoms. The van der Waals surface area contributed by atoms with E-state index in [1.165, 1.54) is 7.11 Å². The van der Waals surface area contributed by atoms with Gasteiger partial charge in [-0.1, -0.05) is 24.4 Å². The Bertz CT molecular complexity index is 889. The fourth-order valence-electron chi connectivity index (χ4n) is 3.23. The molecule has 8 nitrogen and oxygen atoms in total. The summed E-state index contributed by atoms with van der Waals surface area (Å²) in [7, 11) is 1.30. The van der Waals surface area contributed by atoms with E-state index in [1.54, 1.807) is 38.1 Å². The minimum Gasteiger partial charge on any atom is -0.763 e. The third-order valence-electron chi connectivity index (χ3n) is 4.74. The van der Waals surface area contributed by atoms with Crippen molar-refractivity contribution in [3.63, 3.8) is 0 Å². The van der Waals surface area contributed by atoms with Gasteiger partial charge in [0.05, 0.1) is 57.1 Å². The minimum atomic E-state index is -0.649. The van der Waals surface area contributed by atoms with Crippen LogP contribution in [0.1, 0.15) is 35.7 Å². The van der Waals surface area contributed by atoms with Crippen LogP contribution in [0.5, 0.6) is 0 Å². The van der Waals surface area contributed by atoms with Crippen LogP contribution < -0.4 is 10.6 Å². The summed E-state index contributed by atoms with van der Waals surface area (Å²) in [6, 6.07) is 6.52. The van der Waals surface area contributed by atoms with Gasteiger partial charge in [-0.15, -0.1) is 0 Å². The molecule has 3 rings (SSSR count). The van der Waals surface area contributed by atoms with Crippen molar-refractivity contribution in [1.82, 2.24) is 5.32 Å². The highest BCUT2D eigenvalue weighted by Gasteiger charge is 2.34. The molecule has 0 aromatic heterocycles. The molecule has 0 amide bonds. The molecule has 1 unspecified atom stereocenters. The molecule has 0 spiro atoms. The second-order valence-electron chi connectivity index (χ2n) is 6.76. The van der Waals surface area contributed by atoms with E-state index in [1.807, 2.05) is 0 Å². The van der Waals surface area contributed by atoms with Crippen LogP contribution >= 0.6 is 12.2 Å². The maximum Gasteiger partial charge on any atom is 0.337 e. The second-order valence-corrected chi connectivity index (χ2v) is 7.17. The third-order valence-corrected chi connectivity index (χ3v) is 5.06. The lowest BCUT2D eigenvalue weighted by Crippen LogP contribution is -2.87. The molecule has 9 heteroatoms. The number of thiocarbonyl (C=S) groups is 1. The maximum absolute atomic E-state index is 12.4. The predicted octanol–water partition coefficient (Wildman–Crippen LogP) is 1.07. The zero-order valence-corrected chi connectivity index (χ0v) is 18.7. The largest absolute Gasteiger partial charge is 0.763 e. The topological polar surface area (TPSA) is 113 Å². The lowest BCUT2D eigenvalue weighted by molar-refractivity contribution is -0.670. The molecule has 0 aliphatic carbocycles. The van der Waals surface area contributed by atoms with Gasteiger partial charge in [-0.3, -0.25) is 5.87 Å². The number of carbonyl (C=O) groups excluding carboxylic acids is 2. The van der Waals surface area contributed by atoms with Gasteiger partial charge in [0, 0.05) is 11.3 Å². The molecule has 166 valence electrons. The van der Waals surface area contributed by atoms with Crippen molar-refractivity contribution in [2.75, 3.05) is 40.0 Å². The molecule has 2 aliphatic rings. The van der Waals surface area contributed by atoms with E-state index >= 15 is 0 Å². The quantitative estimate of drug-likeness (QED) is 0.308. The Kier molecular flexibility index (Phi) is 9.55. The second kappa shape index (κ2) is 12.1. The van der Waals surface area contributed by atoms with Crippen LogP contribution in [0.3, 0.4) is 0 Å². The number of morpholine rings is 1. The fourth-order valence-corrected chi connectivity index (χ4v) is 3.55. The summed E-state index contributed by atoms with van der Waals surface area (Å²) >= 11 is 5.24. The number of nitrogens with zero attached hydrogens (tertiary/aromatic N) is 1. The molecule has 1 saturated heterocycles. The van der Waals surface area contributed by atoms with Crippen LogP contribution in [-0.4, -0.2) is 62.8 Å². The first-order valence-corrected chi connectivity index (χ1v) is 10.4. The number of nitrogens with one attached hydrogen (secondary N) is 1. The molecular weight excluding hydrogens is 418 g/mol. The minimum absolute atomic E-state index is 0.218. The van der Waals surface area contributed by atoms with Crippen LogP contribution in [0.15, 0.2) is 41.1 Å². The number of methoxy groups -OCH3 is 1. The van der Waals surface area contributed by atoms with Crippen molar-refractivity contribution in [3.8, 4) is 0 Å². The Morgan fingerprint density at radius 2 is 1.90 bits per heavy atom. The standard InChI is InChI=1S/C18H17N2O4S.C4H9NO/c1-4-24-18(22)14-10(2)20-16(25)13(9-19)15(14)11-5-7-12(8-6-11)17(21)23-3;1-3-6-4-2-5-1/h5-8,15H,4H2,1-3H3,(H,20,25);5H,1-4H2/q-1;/p+1. The highest BCUT2D eigenvalue weighted by atomic mass is 32.1. The summed E-state index contributed by atoms with van der Waals surface area (Å²) in [6.07, 6.45) is 0. The summed E-state index contributed by atoms with van der Waals surface area (Å²) in [6.45, 7) is 7.84. The van der Waals surface area contributed by atoms with Crippen molar-refractivity contribution in [2.45, 2.75) is 19.8 Å². The van der Waals surface area contributed by atoms with Gasteiger partial charge in [0.1, 0.15) is 4.99 Å². The number of hydrogen-bond acceptors (Lipinski definition) is 6. The van der Waals surface area contributed by atoms with Gasteiger partial charge < -0.3 is 30.3 Å². The van der Waals surface area contributed by atoms with Crippen molar-refractivity contribution in [3.05, 3.63) is 57.6 Å². The number of allylic oxidation sites excluding steroid dienone is 1. The lowest BCUT2D eigenvalue weighted by atomic mass is 9.81. The molecule has 0 bridgehead atoms. The molecule has 1 aromatic rings. The van der Waals surface area contributed by atoms with Crippen LogP contribution in [0.25, 0.3) is 5.41 Å². The Labute approximate surface area is 187 Å². The number of esters is 2. The number of hydrogen-bond donors (Lipinski definition) is 2. The zero-order chi connectivity index (χ0) is 22.8. The van der Waals surface area contributed by atoms with Crippen LogP contribution in [0, 0.1) is 0 Å². The Balaban J connectivity index is 0.000000488. The van der Waals surface area contributed by atoms with Crippen LogP contribution in [-0.2, 0) is 19.0 Å². The van der Waals surface area contributed by atoms with Crippen molar-refractivity contribution in [1.29, 1.82) is 0 Å². The summed E-state index contributed by atoms with van der Waals surface area (Å²) in [4.78, 5) is 24.3. The SMILES string of the molecule is C1COCC[NH2+]1.CCOC(=O)C1=C(C)NC(=S)C(=C=[N-])C1c1ccc(C(=O)OC)cc1. The molecular formula is C22H27N3O5S. The number of nitrogens with two attached hydrogens (primary N) is 1. The van der Waals surface area contributed by atoms with Crippen molar-refractivity contribution in [2.24, 2.45) is 0 Å². The van der Waals surface area contributed by atoms with E-state index in [-0.39, 0.29) is 17.2 Å². The van der Waals surface area contributed by atoms with E-state index < -0.39 is 17.9 Å². The molecule has 1 atom stereocenters.